The second-order valence-corrected chi connectivity index (χ2v) is 9.00. The molecule has 0 radical (unpaired) electrons. The van der Waals surface area contributed by atoms with Gasteiger partial charge in [0.15, 0.2) is 0 Å². The number of esters is 1. The smallest absolute Gasteiger partial charge is 0.315 e. The third kappa shape index (κ3) is 11.8. The standard InChI is InChI=1S/C23H42O3S/c1-3-4-5-6-7-8-9-10-11-12-13-14-16-20-17-15-18-21(24)23(20)27-19-22(25)26-2/h16,21,23-24H,3-15,17-19H2,1-2H3. The van der Waals surface area contributed by atoms with Gasteiger partial charge in [0, 0.05) is 0 Å². The number of hydrogen-bond acceptors (Lipinski definition) is 4. The van der Waals surface area contributed by atoms with Crippen molar-refractivity contribution in [1.29, 1.82) is 0 Å². The number of hydrogen-bond donors (Lipinski definition) is 1. The van der Waals surface area contributed by atoms with E-state index in [4.69, 9.17) is 4.74 Å². The predicted octanol–water partition coefficient (Wildman–Crippen LogP) is 6.43. The van der Waals surface area contributed by atoms with E-state index in [0.29, 0.717) is 5.75 Å². The van der Waals surface area contributed by atoms with Crippen LogP contribution in [0, 0.1) is 0 Å². The second kappa shape index (κ2) is 16.5. The van der Waals surface area contributed by atoms with Crippen LogP contribution in [0.3, 0.4) is 0 Å². The zero-order valence-corrected chi connectivity index (χ0v) is 18.5. The van der Waals surface area contributed by atoms with Crippen LogP contribution >= 0.6 is 11.8 Å². The van der Waals surface area contributed by atoms with Crippen LogP contribution in [-0.2, 0) is 9.53 Å². The van der Waals surface area contributed by atoms with Crippen LogP contribution in [0.2, 0.25) is 0 Å². The number of methoxy groups -OCH3 is 1. The van der Waals surface area contributed by atoms with Gasteiger partial charge in [0.1, 0.15) is 0 Å². The van der Waals surface area contributed by atoms with Crippen molar-refractivity contribution in [2.75, 3.05) is 12.9 Å². The number of thioether (sulfide) groups is 1. The molecule has 27 heavy (non-hydrogen) atoms. The molecule has 1 aliphatic carbocycles. The molecular formula is C23H42O3S. The van der Waals surface area contributed by atoms with Crippen LogP contribution in [0.4, 0.5) is 0 Å². The highest BCUT2D eigenvalue weighted by Crippen LogP contribution is 2.34. The molecule has 3 nitrogen and oxygen atoms in total. The lowest BCUT2D eigenvalue weighted by Gasteiger charge is -2.30. The minimum Gasteiger partial charge on any atom is -0.468 e. The Morgan fingerprint density at radius 3 is 2.26 bits per heavy atom. The van der Waals surface area contributed by atoms with E-state index in [0.717, 1.165) is 25.7 Å². The van der Waals surface area contributed by atoms with Crippen LogP contribution < -0.4 is 0 Å². The number of rotatable bonds is 15. The first-order chi connectivity index (χ1) is 13.2. The molecule has 2 unspecified atom stereocenters. The van der Waals surface area contributed by atoms with Crippen molar-refractivity contribution in [2.45, 2.75) is 115 Å². The van der Waals surface area contributed by atoms with Crippen molar-refractivity contribution >= 4 is 17.7 Å². The Balaban J connectivity index is 2.12. The fourth-order valence-electron chi connectivity index (χ4n) is 3.81. The average molecular weight is 399 g/mol. The Bertz CT molecular complexity index is 408. The zero-order valence-electron chi connectivity index (χ0n) is 17.7. The fourth-order valence-corrected chi connectivity index (χ4v) is 5.03. The van der Waals surface area contributed by atoms with Crippen molar-refractivity contribution in [1.82, 2.24) is 0 Å². The van der Waals surface area contributed by atoms with Crippen molar-refractivity contribution in [3.05, 3.63) is 11.6 Å². The number of carbonyl (C=O) groups excluding carboxylic acids is 1. The second-order valence-electron chi connectivity index (χ2n) is 7.87. The highest BCUT2D eigenvalue weighted by atomic mass is 32.2. The number of aliphatic hydroxyl groups excluding tert-OH is 1. The van der Waals surface area contributed by atoms with Crippen molar-refractivity contribution in [3.8, 4) is 0 Å². The van der Waals surface area contributed by atoms with Gasteiger partial charge >= 0.3 is 5.97 Å². The fraction of sp³-hybridized carbons (Fsp3) is 0.870. The molecule has 0 heterocycles. The lowest BCUT2D eigenvalue weighted by atomic mass is 9.91. The number of carbonyl (C=O) groups is 1. The van der Waals surface area contributed by atoms with Crippen LogP contribution in [-0.4, -0.2) is 35.3 Å². The van der Waals surface area contributed by atoms with Gasteiger partial charge in [0.2, 0.25) is 0 Å². The molecule has 0 amide bonds. The van der Waals surface area contributed by atoms with Gasteiger partial charge in [-0.1, -0.05) is 82.8 Å². The monoisotopic (exact) mass is 398 g/mol. The molecule has 0 aromatic heterocycles. The Morgan fingerprint density at radius 2 is 1.67 bits per heavy atom. The summed E-state index contributed by atoms with van der Waals surface area (Å²) < 4.78 is 4.73. The van der Waals surface area contributed by atoms with Gasteiger partial charge in [0.25, 0.3) is 0 Å². The summed E-state index contributed by atoms with van der Waals surface area (Å²) >= 11 is 1.54. The summed E-state index contributed by atoms with van der Waals surface area (Å²) in [5, 5.41) is 10.4. The molecule has 0 bridgehead atoms. The summed E-state index contributed by atoms with van der Waals surface area (Å²) in [7, 11) is 1.42. The first-order valence-corrected chi connectivity index (χ1v) is 12.3. The summed E-state index contributed by atoms with van der Waals surface area (Å²) in [6.07, 6.45) is 21.1. The Kier molecular flexibility index (Phi) is 15.0. The Morgan fingerprint density at radius 1 is 1.07 bits per heavy atom. The number of aliphatic hydroxyl groups is 1. The van der Waals surface area contributed by atoms with Crippen LogP contribution in [0.1, 0.15) is 103 Å². The molecule has 1 fully saturated rings. The topological polar surface area (TPSA) is 46.5 Å². The molecule has 4 heteroatoms. The third-order valence-electron chi connectivity index (χ3n) is 5.50. The highest BCUT2D eigenvalue weighted by molar-refractivity contribution is 8.00. The first kappa shape index (κ1) is 24.6. The maximum absolute atomic E-state index is 11.4. The lowest BCUT2D eigenvalue weighted by molar-refractivity contribution is -0.137. The van der Waals surface area contributed by atoms with E-state index in [1.807, 2.05) is 0 Å². The number of allylic oxidation sites excluding steroid dienone is 1. The van der Waals surface area contributed by atoms with Gasteiger partial charge in [-0.3, -0.25) is 4.79 Å². The first-order valence-electron chi connectivity index (χ1n) is 11.2. The van der Waals surface area contributed by atoms with Gasteiger partial charge < -0.3 is 9.84 Å². The molecular weight excluding hydrogens is 356 g/mol. The van der Waals surface area contributed by atoms with Crippen molar-refractivity contribution in [3.63, 3.8) is 0 Å². The van der Waals surface area contributed by atoms with Crippen LogP contribution in [0.25, 0.3) is 0 Å². The Hall–Kier alpha value is -0.480. The third-order valence-corrected chi connectivity index (χ3v) is 6.88. The minimum absolute atomic E-state index is 0.0746. The molecule has 2 atom stereocenters. The predicted molar refractivity (Wildman–Crippen MR) is 117 cm³/mol. The average Bonchev–Trinajstić information content (AvgIpc) is 2.68. The molecule has 0 aliphatic heterocycles. The molecule has 1 N–H and O–H groups in total. The van der Waals surface area contributed by atoms with E-state index >= 15 is 0 Å². The van der Waals surface area contributed by atoms with Gasteiger partial charge in [-0.15, -0.1) is 11.8 Å². The highest BCUT2D eigenvalue weighted by Gasteiger charge is 2.28. The molecule has 1 saturated carbocycles. The maximum Gasteiger partial charge on any atom is 0.315 e. The molecule has 1 aliphatic rings. The SMILES string of the molecule is CCCCCCCCCCCCCC=C1CCCC(O)C1SCC(=O)OC. The summed E-state index contributed by atoms with van der Waals surface area (Å²) in [6.45, 7) is 2.27. The molecule has 0 aromatic carbocycles. The van der Waals surface area contributed by atoms with Gasteiger partial charge in [-0.25, -0.2) is 0 Å². The van der Waals surface area contributed by atoms with Gasteiger partial charge in [0.05, 0.1) is 24.2 Å². The van der Waals surface area contributed by atoms with E-state index in [-0.39, 0.29) is 17.3 Å². The van der Waals surface area contributed by atoms with Crippen LogP contribution in [0.15, 0.2) is 11.6 Å². The summed E-state index contributed by atoms with van der Waals surface area (Å²) in [5.74, 6) is 0.121. The van der Waals surface area contributed by atoms with Crippen LogP contribution in [0.5, 0.6) is 0 Å². The normalized spacial score (nSPS) is 21.5. The van der Waals surface area contributed by atoms with Crippen molar-refractivity contribution < 1.29 is 14.6 Å². The summed E-state index contributed by atoms with van der Waals surface area (Å²) in [4.78, 5) is 11.4. The van der Waals surface area contributed by atoms with E-state index in [9.17, 15) is 9.90 Å². The molecule has 0 spiro atoms. The van der Waals surface area contributed by atoms with Crippen molar-refractivity contribution in [2.24, 2.45) is 0 Å². The summed E-state index contributed by atoms with van der Waals surface area (Å²) in [5.41, 5.74) is 1.34. The lowest BCUT2D eigenvalue weighted by Crippen LogP contribution is -2.30. The quantitative estimate of drug-likeness (QED) is 0.196. The molecule has 1 rings (SSSR count). The molecule has 158 valence electrons. The van der Waals surface area contributed by atoms with E-state index in [1.54, 1.807) is 0 Å². The molecule has 0 aromatic rings. The molecule has 0 saturated heterocycles. The zero-order chi connectivity index (χ0) is 19.7. The maximum atomic E-state index is 11.4. The van der Waals surface area contributed by atoms with Gasteiger partial charge in [-0.2, -0.15) is 0 Å². The minimum atomic E-state index is -0.322. The van der Waals surface area contributed by atoms with E-state index in [1.165, 1.54) is 95.1 Å². The Labute approximate surface area is 171 Å². The van der Waals surface area contributed by atoms with E-state index < -0.39 is 0 Å². The number of unbranched alkanes of at least 4 members (excludes halogenated alkanes) is 11. The van der Waals surface area contributed by atoms with E-state index in [2.05, 4.69) is 13.0 Å². The summed E-state index contributed by atoms with van der Waals surface area (Å²) in [6, 6.07) is 0. The van der Waals surface area contributed by atoms with Gasteiger partial charge in [-0.05, 0) is 32.1 Å². The largest absolute Gasteiger partial charge is 0.468 e. The number of ether oxygens (including phenoxy) is 1.